The fourth-order valence-corrected chi connectivity index (χ4v) is 3.30. The molecule has 1 atom stereocenters. The number of likely N-dealkylation sites (tertiary alicyclic amines) is 1. The Morgan fingerprint density at radius 3 is 3.14 bits per heavy atom. The topological polar surface area (TPSA) is 58.2 Å². The summed E-state index contributed by atoms with van der Waals surface area (Å²) in [5.74, 6) is 0.933. The molecule has 22 heavy (non-hydrogen) atoms. The van der Waals surface area contributed by atoms with Crippen LogP contribution in [0.4, 0.5) is 0 Å². The summed E-state index contributed by atoms with van der Waals surface area (Å²) in [4.78, 5) is 22.7. The summed E-state index contributed by atoms with van der Waals surface area (Å²) in [5, 5.41) is 0. The minimum Gasteiger partial charge on any atom is -0.385 e. The quantitative estimate of drug-likeness (QED) is 0.944. The normalized spacial score (nSPS) is 18.8. The van der Waals surface area contributed by atoms with E-state index < -0.39 is 0 Å². The molecule has 1 aliphatic heterocycles. The molecule has 1 aromatic carbocycles. The zero-order chi connectivity index (χ0) is 15.5. The molecule has 5 nitrogen and oxygen atoms in total. The molecule has 1 amide bonds. The number of imidazole rings is 1. The van der Waals surface area contributed by atoms with Gasteiger partial charge in [0.05, 0.1) is 11.1 Å². The van der Waals surface area contributed by atoms with Gasteiger partial charge in [0.25, 0.3) is 5.91 Å². The first-order valence-electron chi connectivity index (χ1n) is 7.96. The summed E-state index contributed by atoms with van der Waals surface area (Å²) in [6, 6.07) is 6.04. The molecule has 1 aliphatic rings. The number of para-hydroxylation sites is 1. The van der Waals surface area contributed by atoms with Gasteiger partial charge in [-0.15, -0.1) is 0 Å². The maximum atomic E-state index is 13.0. The van der Waals surface area contributed by atoms with E-state index in [0.717, 1.165) is 42.7 Å². The van der Waals surface area contributed by atoms with Gasteiger partial charge in [0.2, 0.25) is 0 Å². The number of hydrogen-bond donors (Lipinski definition) is 1. The molecule has 0 aliphatic carbocycles. The number of aromatic amines is 1. The summed E-state index contributed by atoms with van der Waals surface area (Å²) in [7, 11) is 1.71. The number of carbonyl (C=O) groups is 1. The van der Waals surface area contributed by atoms with Gasteiger partial charge in [-0.25, -0.2) is 4.98 Å². The van der Waals surface area contributed by atoms with Crippen molar-refractivity contribution in [2.75, 3.05) is 20.3 Å². The highest BCUT2D eigenvalue weighted by atomic mass is 16.5. The highest BCUT2D eigenvalue weighted by molar-refractivity contribution is 6.05. The predicted molar refractivity (Wildman–Crippen MR) is 86.0 cm³/mol. The number of nitrogens with zero attached hydrogens (tertiary/aromatic N) is 2. The summed E-state index contributed by atoms with van der Waals surface area (Å²) in [6.07, 6.45) is 4.22. The Morgan fingerprint density at radius 1 is 1.45 bits per heavy atom. The SMILES string of the molecule is COCC[C@@H]1CCCCN1C(=O)c1cccc2[nH]c(C)nc12. The molecule has 0 spiro atoms. The number of aromatic nitrogens is 2. The summed E-state index contributed by atoms with van der Waals surface area (Å²) in [6.45, 7) is 3.43. The molecule has 5 heteroatoms. The zero-order valence-corrected chi connectivity index (χ0v) is 13.3. The molecule has 0 unspecified atom stereocenters. The van der Waals surface area contributed by atoms with Crippen LogP contribution >= 0.6 is 0 Å². The maximum absolute atomic E-state index is 13.0. The van der Waals surface area contributed by atoms with Crippen molar-refractivity contribution in [2.45, 2.75) is 38.6 Å². The van der Waals surface area contributed by atoms with Crippen molar-refractivity contribution in [3.63, 3.8) is 0 Å². The third kappa shape index (κ3) is 2.86. The fourth-order valence-electron chi connectivity index (χ4n) is 3.30. The van der Waals surface area contributed by atoms with Gasteiger partial charge < -0.3 is 14.6 Å². The smallest absolute Gasteiger partial charge is 0.256 e. The molecule has 0 bridgehead atoms. The molecule has 1 N–H and O–H groups in total. The molecule has 1 saturated heterocycles. The maximum Gasteiger partial charge on any atom is 0.256 e. The van der Waals surface area contributed by atoms with Crippen molar-refractivity contribution in [3.05, 3.63) is 29.6 Å². The van der Waals surface area contributed by atoms with Gasteiger partial charge in [-0.2, -0.15) is 0 Å². The first-order valence-corrected chi connectivity index (χ1v) is 7.96. The number of benzene rings is 1. The van der Waals surface area contributed by atoms with E-state index in [0.29, 0.717) is 12.2 Å². The van der Waals surface area contributed by atoms with Gasteiger partial charge in [0.15, 0.2) is 0 Å². The second-order valence-corrected chi connectivity index (χ2v) is 5.95. The Morgan fingerprint density at radius 2 is 2.32 bits per heavy atom. The van der Waals surface area contributed by atoms with Crippen LogP contribution in [0.2, 0.25) is 0 Å². The van der Waals surface area contributed by atoms with Gasteiger partial charge in [-0.1, -0.05) is 6.07 Å². The van der Waals surface area contributed by atoms with Crippen LogP contribution in [-0.2, 0) is 4.74 Å². The molecule has 1 fully saturated rings. The van der Waals surface area contributed by atoms with Crippen molar-refractivity contribution in [1.29, 1.82) is 0 Å². The van der Waals surface area contributed by atoms with Crippen molar-refractivity contribution >= 4 is 16.9 Å². The number of fused-ring (bicyclic) bond motifs is 1. The van der Waals surface area contributed by atoms with Crippen LogP contribution < -0.4 is 0 Å². The largest absolute Gasteiger partial charge is 0.385 e. The van der Waals surface area contributed by atoms with Crippen molar-refractivity contribution < 1.29 is 9.53 Å². The fraction of sp³-hybridized carbons (Fsp3) is 0.529. The van der Waals surface area contributed by atoms with Gasteiger partial charge in [-0.05, 0) is 44.7 Å². The van der Waals surface area contributed by atoms with Crippen LogP contribution in [-0.4, -0.2) is 47.1 Å². The van der Waals surface area contributed by atoms with Crippen LogP contribution in [0.5, 0.6) is 0 Å². The molecule has 118 valence electrons. The number of piperidine rings is 1. The van der Waals surface area contributed by atoms with E-state index in [2.05, 4.69) is 9.97 Å². The van der Waals surface area contributed by atoms with Crippen LogP contribution in [0.1, 0.15) is 41.9 Å². The Bertz CT molecular complexity index is 665. The average molecular weight is 301 g/mol. The molecule has 0 radical (unpaired) electrons. The van der Waals surface area contributed by atoms with E-state index in [1.807, 2.05) is 30.0 Å². The first-order chi connectivity index (χ1) is 10.7. The lowest BCUT2D eigenvalue weighted by atomic mass is 9.98. The van der Waals surface area contributed by atoms with E-state index in [1.165, 1.54) is 6.42 Å². The van der Waals surface area contributed by atoms with Crippen LogP contribution in [0, 0.1) is 6.92 Å². The van der Waals surface area contributed by atoms with Gasteiger partial charge >= 0.3 is 0 Å². The van der Waals surface area contributed by atoms with E-state index >= 15 is 0 Å². The summed E-state index contributed by atoms with van der Waals surface area (Å²) >= 11 is 0. The third-order valence-electron chi connectivity index (χ3n) is 4.40. The minimum atomic E-state index is 0.0953. The number of hydrogen-bond acceptors (Lipinski definition) is 3. The number of amides is 1. The number of rotatable bonds is 4. The van der Waals surface area contributed by atoms with Crippen molar-refractivity contribution in [1.82, 2.24) is 14.9 Å². The molecular weight excluding hydrogens is 278 g/mol. The highest BCUT2D eigenvalue weighted by Gasteiger charge is 2.28. The standard InChI is InChI=1S/C17H23N3O2/c1-12-18-15-8-5-7-14(16(15)19-12)17(21)20-10-4-3-6-13(20)9-11-22-2/h5,7-8,13H,3-4,6,9-11H2,1-2H3,(H,18,19)/t13-/m0/s1. The number of aryl methyl sites for hydroxylation is 1. The van der Waals surface area contributed by atoms with E-state index in [4.69, 9.17) is 4.74 Å². The van der Waals surface area contributed by atoms with E-state index in [1.54, 1.807) is 7.11 Å². The van der Waals surface area contributed by atoms with Crippen LogP contribution in [0.15, 0.2) is 18.2 Å². The van der Waals surface area contributed by atoms with Crippen molar-refractivity contribution in [2.24, 2.45) is 0 Å². The first kappa shape index (κ1) is 15.0. The number of methoxy groups -OCH3 is 1. The van der Waals surface area contributed by atoms with Crippen molar-refractivity contribution in [3.8, 4) is 0 Å². The third-order valence-corrected chi connectivity index (χ3v) is 4.40. The average Bonchev–Trinajstić information content (AvgIpc) is 2.92. The lowest BCUT2D eigenvalue weighted by Crippen LogP contribution is -2.44. The summed E-state index contributed by atoms with van der Waals surface area (Å²) < 4.78 is 5.20. The molecule has 3 rings (SSSR count). The van der Waals surface area contributed by atoms with Crippen LogP contribution in [0.3, 0.4) is 0 Å². The molecular formula is C17H23N3O2. The number of carbonyl (C=O) groups excluding carboxylic acids is 1. The molecule has 2 aromatic rings. The van der Waals surface area contributed by atoms with Crippen LogP contribution in [0.25, 0.3) is 11.0 Å². The van der Waals surface area contributed by atoms with Gasteiger partial charge in [0, 0.05) is 26.3 Å². The Kier molecular flexibility index (Phi) is 4.43. The second-order valence-electron chi connectivity index (χ2n) is 5.95. The van der Waals surface area contributed by atoms with Gasteiger partial charge in [0.1, 0.15) is 11.3 Å². The Hall–Kier alpha value is -1.88. The predicted octanol–water partition coefficient (Wildman–Crippen LogP) is 2.90. The molecule has 1 aromatic heterocycles. The van der Waals surface area contributed by atoms with Gasteiger partial charge in [-0.3, -0.25) is 4.79 Å². The molecule has 2 heterocycles. The number of nitrogens with one attached hydrogen (secondary N) is 1. The van der Waals surface area contributed by atoms with E-state index in [-0.39, 0.29) is 11.9 Å². The molecule has 0 saturated carbocycles. The monoisotopic (exact) mass is 301 g/mol. The second kappa shape index (κ2) is 6.48. The summed E-state index contributed by atoms with van der Waals surface area (Å²) in [5.41, 5.74) is 2.40. The number of ether oxygens (including phenoxy) is 1. The highest BCUT2D eigenvalue weighted by Crippen LogP contribution is 2.25. The van der Waals surface area contributed by atoms with E-state index in [9.17, 15) is 4.79 Å². The number of H-pyrrole nitrogens is 1. The Labute approximate surface area is 130 Å². The lowest BCUT2D eigenvalue weighted by molar-refractivity contribution is 0.0555. The zero-order valence-electron chi connectivity index (χ0n) is 13.3. The Balaban J connectivity index is 1.90. The minimum absolute atomic E-state index is 0.0953. The lowest BCUT2D eigenvalue weighted by Gasteiger charge is -2.36.